The van der Waals surface area contributed by atoms with E-state index in [0.29, 0.717) is 12.2 Å². The largest absolute Gasteiger partial charge is 0.491 e. The second-order valence-electron chi connectivity index (χ2n) is 7.48. The number of piperidine rings is 1. The molecule has 0 saturated carbocycles. The summed E-state index contributed by atoms with van der Waals surface area (Å²) in [5.74, 6) is 0.807. The lowest BCUT2D eigenvalue weighted by Gasteiger charge is -2.26. The van der Waals surface area contributed by atoms with Gasteiger partial charge in [0.2, 0.25) is 0 Å². The van der Waals surface area contributed by atoms with Gasteiger partial charge < -0.3 is 10.1 Å². The summed E-state index contributed by atoms with van der Waals surface area (Å²) in [6.07, 6.45) is 3.94. The predicted octanol–water partition coefficient (Wildman–Crippen LogP) is 4.18. The van der Waals surface area contributed by atoms with Gasteiger partial charge in [-0.15, -0.1) is 0 Å². The number of benzene rings is 2. The average molecular weight is 367 g/mol. The molecule has 0 spiro atoms. The van der Waals surface area contributed by atoms with E-state index in [4.69, 9.17) is 4.74 Å². The molecule has 1 N–H and O–H groups in total. The smallest absolute Gasteiger partial charge is 0.251 e. The van der Waals surface area contributed by atoms with Crippen molar-refractivity contribution >= 4 is 5.91 Å². The average Bonchev–Trinajstić information content (AvgIpc) is 2.69. The Morgan fingerprint density at radius 2 is 1.78 bits per heavy atom. The van der Waals surface area contributed by atoms with E-state index < -0.39 is 0 Å². The highest BCUT2D eigenvalue weighted by Crippen LogP contribution is 2.16. The normalized spacial score (nSPS) is 15.9. The molecule has 0 aliphatic carbocycles. The first-order chi connectivity index (χ1) is 13.1. The standard InChI is InChI=1S/C23H30N2O2/c1-18-8-4-5-9-22(18)27-17-19(2)24-23(26)21-12-10-20(11-13-21)16-25-14-6-3-7-15-25/h4-5,8-13,19H,3,6-7,14-17H2,1-2H3,(H,24,26)/t19-/m1/s1. The molecule has 1 aliphatic heterocycles. The van der Waals surface area contributed by atoms with Crippen molar-refractivity contribution in [3.63, 3.8) is 0 Å². The van der Waals surface area contributed by atoms with Gasteiger partial charge in [0.15, 0.2) is 0 Å². The number of hydrogen-bond acceptors (Lipinski definition) is 3. The van der Waals surface area contributed by atoms with Crippen LogP contribution in [-0.4, -0.2) is 36.5 Å². The Morgan fingerprint density at radius 1 is 1.07 bits per heavy atom. The summed E-state index contributed by atoms with van der Waals surface area (Å²) >= 11 is 0. The zero-order valence-electron chi connectivity index (χ0n) is 16.4. The Bertz CT molecular complexity index is 736. The lowest BCUT2D eigenvalue weighted by Crippen LogP contribution is -2.36. The number of nitrogens with zero attached hydrogens (tertiary/aromatic N) is 1. The van der Waals surface area contributed by atoms with Gasteiger partial charge in [0.05, 0.1) is 6.04 Å². The molecule has 27 heavy (non-hydrogen) atoms. The van der Waals surface area contributed by atoms with E-state index in [1.165, 1.54) is 37.9 Å². The first-order valence-corrected chi connectivity index (χ1v) is 9.92. The van der Waals surface area contributed by atoms with Crippen LogP contribution in [0, 0.1) is 6.92 Å². The van der Waals surface area contributed by atoms with Crippen LogP contribution in [0.5, 0.6) is 5.75 Å². The fraction of sp³-hybridized carbons (Fsp3) is 0.435. The van der Waals surface area contributed by atoms with Gasteiger partial charge in [-0.3, -0.25) is 9.69 Å². The van der Waals surface area contributed by atoms with E-state index >= 15 is 0 Å². The summed E-state index contributed by atoms with van der Waals surface area (Å²) in [4.78, 5) is 14.9. The Hall–Kier alpha value is -2.33. The van der Waals surface area contributed by atoms with Crippen LogP contribution in [0.2, 0.25) is 0 Å². The zero-order valence-corrected chi connectivity index (χ0v) is 16.4. The number of carbonyl (C=O) groups excluding carboxylic acids is 1. The fourth-order valence-corrected chi connectivity index (χ4v) is 3.42. The van der Waals surface area contributed by atoms with Crippen LogP contribution in [0.3, 0.4) is 0 Å². The molecule has 144 valence electrons. The predicted molar refractivity (Wildman–Crippen MR) is 109 cm³/mol. The number of carbonyl (C=O) groups is 1. The molecule has 1 fully saturated rings. The summed E-state index contributed by atoms with van der Waals surface area (Å²) in [6.45, 7) is 7.76. The molecule has 2 aromatic rings. The van der Waals surface area contributed by atoms with Crippen molar-refractivity contribution in [3.05, 3.63) is 65.2 Å². The van der Waals surface area contributed by atoms with E-state index in [0.717, 1.165) is 17.9 Å². The summed E-state index contributed by atoms with van der Waals surface area (Å²) < 4.78 is 5.82. The molecule has 0 aromatic heterocycles. The molecule has 4 nitrogen and oxygen atoms in total. The van der Waals surface area contributed by atoms with Crippen molar-refractivity contribution in [1.29, 1.82) is 0 Å². The second-order valence-corrected chi connectivity index (χ2v) is 7.48. The third-order valence-electron chi connectivity index (χ3n) is 5.03. The number of aryl methyl sites for hydroxylation is 1. The minimum Gasteiger partial charge on any atom is -0.491 e. The number of rotatable bonds is 7. The van der Waals surface area contributed by atoms with Crippen molar-refractivity contribution in [2.75, 3.05) is 19.7 Å². The molecular formula is C23H30N2O2. The van der Waals surface area contributed by atoms with Crippen molar-refractivity contribution in [2.45, 2.75) is 45.7 Å². The van der Waals surface area contributed by atoms with Crippen LogP contribution in [0.25, 0.3) is 0 Å². The maximum absolute atomic E-state index is 12.5. The van der Waals surface area contributed by atoms with Crippen LogP contribution in [-0.2, 0) is 6.54 Å². The Morgan fingerprint density at radius 3 is 2.48 bits per heavy atom. The highest BCUT2D eigenvalue weighted by atomic mass is 16.5. The third kappa shape index (κ3) is 5.83. The van der Waals surface area contributed by atoms with Crippen LogP contribution < -0.4 is 10.1 Å². The highest BCUT2D eigenvalue weighted by Gasteiger charge is 2.13. The molecule has 1 amide bonds. The number of para-hydroxylation sites is 1. The molecule has 0 unspecified atom stereocenters. The van der Waals surface area contributed by atoms with Crippen molar-refractivity contribution in [3.8, 4) is 5.75 Å². The minimum atomic E-state index is -0.0647. The van der Waals surface area contributed by atoms with Crippen molar-refractivity contribution < 1.29 is 9.53 Å². The van der Waals surface area contributed by atoms with Crippen LogP contribution in [0.1, 0.15) is 47.7 Å². The van der Waals surface area contributed by atoms with Crippen LogP contribution >= 0.6 is 0 Å². The monoisotopic (exact) mass is 366 g/mol. The van der Waals surface area contributed by atoms with Crippen molar-refractivity contribution in [1.82, 2.24) is 10.2 Å². The minimum absolute atomic E-state index is 0.0552. The topological polar surface area (TPSA) is 41.6 Å². The van der Waals surface area contributed by atoms with Gasteiger partial charge in [-0.1, -0.05) is 36.8 Å². The van der Waals surface area contributed by atoms with Gasteiger partial charge in [-0.05, 0) is 69.1 Å². The fourth-order valence-electron chi connectivity index (χ4n) is 3.42. The Kier molecular flexibility index (Phi) is 6.88. The van der Waals surface area contributed by atoms with E-state index in [2.05, 4.69) is 22.3 Å². The van der Waals surface area contributed by atoms with E-state index in [1.54, 1.807) is 0 Å². The van der Waals surface area contributed by atoms with Gasteiger partial charge >= 0.3 is 0 Å². The molecule has 1 aliphatic rings. The highest BCUT2D eigenvalue weighted by molar-refractivity contribution is 5.94. The lowest BCUT2D eigenvalue weighted by atomic mass is 10.1. The van der Waals surface area contributed by atoms with Crippen molar-refractivity contribution in [2.24, 2.45) is 0 Å². The van der Waals surface area contributed by atoms with E-state index in [1.807, 2.05) is 50.2 Å². The molecule has 1 saturated heterocycles. The summed E-state index contributed by atoms with van der Waals surface area (Å²) in [5, 5.41) is 3.01. The molecular weight excluding hydrogens is 336 g/mol. The lowest BCUT2D eigenvalue weighted by molar-refractivity contribution is 0.0926. The first kappa shape index (κ1) is 19.4. The first-order valence-electron chi connectivity index (χ1n) is 9.92. The summed E-state index contributed by atoms with van der Waals surface area (Å²) in [6, 6.07) is 15.8. The Labute approximate surface area is 162 Å². The number of ether oxygens (including phenoxy) is 1. The summed E-state index contributed by atoms with van der Waals surface area (Å²) in [5.41, 5.74) is 3.06. The maximum atomic E-state index is 12.5. The SMILES string of the molecule is Cc1ccccc1OC[C@@H](C)NC(=O)c1ccc(CN2CCCCC2)cc1. The maximum Gasteiger partial charge on any atom is 0.251 e. The quantitative estimate of drug-likeness (QED) is 0.799. The van der Waals surface area contributed by atoms with E-state index in [-0.39, 0.29) is 11.9 Å². The molecule has 2 aromatic carbocycles. The van der Waals surface area contributed by atoms with Gasteiger partial charge in [-0.2, -0.15) is 0 Å². The van der Waals surface area contributed by atoms with Gasteiger partial charge in [0.1, 0.15) is 12.4 Å². The van der Waals surface area contributed by atoms with Crippen LogP contribution in [0.15, 0.2) is 48.5 Å². The zero-order chi connectivity index (χ0) is 19.1. The summed E-state index contributed by atoms with van der Waals surface area (Å²) in [7, 11) is 0. The molecule has 0 bridgehead atoms. The molecule has 3 rings (SSSR count). The van der Waals surface area contributed by atoms with Gasteiger partial charge in [-0.25, -0.2) is 0 Å². The second kappa shape index (κ2) is 9.56. The Balaban J connectivity index is 1.47. The number of hydrogen-bond donors (Lipinski definition) is 1. The van der Waals surface area contributed by atoms with Gasteiger partial charge in [0, 0.05) is 12.1 Å². The number of likely N-dealkylation sites (tertiary alicyclic amines) is 1. The molecule has 1 atom stereocenters. The van der Waals surface area contributed by atoms with Gasteiger partial charge in [0.25, 0.3) is 5.91 Å². The van der Waals surface area contributed by atoms with E-state index in [9.17, 15) is 4.79 Å². The molecule has 1 heterocycles. The van der Waals surface area contributed by atoms with Crippen LogP contribution in [0.4, 0.5) is 0 Å². The molecule has 4 heteroatoms. The number of nitrogens with one attached hydrogen (secondary N) is 1. The molecule has 0 radical (unpaired) electrons. The third-order valence-corrected chi connectivity index (χ3v) is 5.03. The number of amides is 1.